The van der Waals surface area contributed by atoms with Gasteiger partial charge in [-0.25, -0.2) is 14.6 Å². The van der Waals surface area contributed by atoms with Crippen molar-refractivity contribution in [3.63, 3.8) is 0 Å². The number of ketones is 1. The lowest BCUT2D eigenvalue weighted by Gasteiger charge is -2.30. The van der Waals surface area contributed by atoms with Crippen LogP contribution in [0.2, 0.25) is 0 Å². The summed E-state index contributed by atoms with van der Waals surface area (Å²) in [7, 11) is 2.92. The highest BCUT2D eigenvalue weighted by molar-refractivity contribution is 6.30. The van der Waals surface area contributed by atoms with Crippen molar-refractivity contribution in [2.45, 2.75) is 5.92 Å². The molecule has 2 atom stereocenters. The molecule has 11 nitrogen and oxygen atoms in total. The highest BCUT2D eigenvalue weighted by Crippen LogP contribution is 2.46. The molecule has 2 aliphatic rings. The van der Waals surface area contributed by atoms with Gasteiger partial charge in [-0.2, -0.15) is 0 Å². The highest BCUT2D eigenvalue weighted by Gasteiger charge is 2.47. The zero-order chi connectivity index (χ0) is 28.3. The van der Waals surface area contributed by atoms with Crippen molar-refractivity contribution < 1.29 is 19.2 Å². The molecule has 0 bridgehead atoms. The SMILES string of the molecule is Cn1c2c(c(=O)n(C)c1=O)[C@@H](c1ccc(OC(=O)c3ccc([N+](=O)[O-])cc3)cc1)[C@@H]1C(=O)c3ccccc3C1=N2. The maximum Gasteiger partial charge on any atom is 0.343 e. The van der Waals surface area contributed by atoms with Crippen LogP contribution in [-0.4, -0.2) is 31.5 Å². The summed E-state index contributed by atoms with van der Waals surface area (Å²) in [6.45, 7) is 0. The Morgan fingerprint density at radius 1 is 0.875 bits per heavy atom. The van der Waals surface area contributed by atoms with E-state index in [4.69, 9.17) is 4.74 Å². The summed E-state index contributed by atoms with van der Waals surface area (Å²) in [5.41, 5.74) is 1.41. The average Bonchev–Trinajstić information content (AvgIpc) is 3.26. The molecule has 0 radical (unpaired) electrons. The number of nitro benzene ring substituents is 1. The molecule has 40 heavy (non-hydrogen) atoms. The lowest BCUT2D eigenvalue weighted by atomic mass is 9.76. The number of nitrogens with zero attached hydrogens (tertiary/aromatic N) is 4. The van der Waals surface area contributed by atoms with E-state index in [0.717, 1.165) is 4.57 Å². The van der Waals surface area contributed by atoms with E-state index >= 15 is 0 Å². The van der Waals surface area contributed by atoms with Gasteiger partial charge in [0, 0.05) is 43.3 Å². The third kappa shape index (κ3) is 3.70. The van der Waals surface area contributed by atoms with Crippen LogP contribution in [0.5, 0.6) is 5.75 Å². The van der Waals surface area contributed by atoms with Gasteiger partial charge in [-0.15, -0.1) is 0 Å². The Morgan fingerprint density at radius 2 is 1.52 bits per heavy atom. The van der Waals surface area contributed by atoms with E-state index in [2.05, 4.69) is 4.99 Å². The highest BCUT2D eigenvalue weighted by atomic mass is 16.6. The first-order valence-electron chi connectivity index (χ1n) is 12.3. The molecule has 1 aliphatic carbocycles. The minimum atomic E-state index is -0.774. The normalized spacial score (nSPS) is 16.9. The van der Waals surface area contributed by atoms with Gasteiger partial charge in [0.2, 0.25) is 0 Å². The molecular weight excluding hydrogens is 516 g/mol. The number of carbonyl (C=O) groups is 2. The smallest absolute Gasteiger partial charge is 0.343 e. The third-order valence-corrected chi connectivity index (χ3v) is 7.35. The molecule has 0 saturated carbocycles. The number of nitro groups is 1. The quantitative estimate of drug-likeness (QED) is 0.169. The number of benzene rings is 3. The number of non-ortho nitro benzene ring substituents is 1. The summed E-state index contributed by atoms with van der Waals surface area (Å²) in [4.78, 5) is 67.4. The maximum atomic E-state index is 13.6. The van der Waals surface area contributed by atoms with E-state index < -0.39 is 34.0 Å². The Balaban J connectivity index is 1.41. The van der Waals surface area contributed by atoms with Crippen molar-refractivity contribution in [1.82, 2.24) is 9.13 Å². The van der Waals surface area contributed by atoms with Crippen molar-refractivity contribution >= 4 is 29.0 Å². The summed E-state index contributed by atoms with van der Waals surface area (Å²) < 4.78 is 7.74. The lowest BCUT2D eigenvalue weighted by molar-refractivity contribution is -0.384. The van der Waals surface area contributed by atoms with Gasteiger partial charge in [-0.1, -0.05) is 36.4 Å². The molecule has 11 heteroatoms. The van der Waals surface area contributed by atoms with E-state index in [1.807, 2.05) is 0 Å². The van der Waals surface area contributed by atoms with Crippen molar-refractivity contribution in [3.05, 3.63) is 132 Å². The summed E-state index contributed by atoms with van der Waals surface area (Å²) >= 11 is 0. The van der Waals surface area contributed by atoms with Crippen LogP contribution in [0, 0.1) is 16.0 Å². The molecule has 0 spiro atoms. The van der Waals surface area contributed by atoms with E-state index in [1.54, 1.807) is 48.5 Å². The second kappa shape index (κ2) is 9.09. The molecule has 2 heterocycles. The molecule has 198 valence electrons. The Kier molecular flexibility index (Phi) is 5.65. The fourth-order valence-corrected chi connectivity index (χ4v) is 5.35. The van der Waals surface area contributed by atoms with Gasteiger partial charge in [0.15, 0.2) is 5.78 Å². The number of hydrogen-bond donors (Lipinski definition) is 0. The van der Waals surface area contributed by atoms with E-state index in [-0.39, 0.29) is 34.2 Å². The van der Waals surface area contributed by atoms with Crippen LogP contribution in [0.1, 0.15) is 43.3 Å². The van der Waals surface area contributed by atoms with E-state index in [9.17, 15) is 29.3 Å². The molecule has 0 fully saturated rings. The monoisotopic (exact) mass is 536 g/mol. The van der Waals surface area contributed by atoms with Gasteiger partial charge < -0.3 is 4.74 Å². The molecule has 1 aromatic heterocycles. The molecule has 0 N–H and O–H groups in total. The summed E-state index contributed by atoms with van der Waals surface area (Å²) in [6.07, 6.45) is 0. The van der Waals surface area contributed by atoms with Crippen LogP contribution in [0.4, 0.5) is 11.5 Å². The van der Waals surface area contributed by atoms with E-state index in [1.165, 1.54) is 42.9 Å². The minimum absolute atomic E-state index is 0.135. The van der Waals surface area contributed by atoms with Crippen LogP contribution in [0.15, 0.2) is 87.4 Å². The second-order valence-electron chi connectivity index (χ2n) is 9.57. The first-order chi connectivity index (χ1) is 19.2. The Morgan fingerprint density at radius 3 is 2.17 bits per heavy atom. The Labute approximate surface area is 225 Å². The number of aliphatic imine (C=N–C) groups is 1. The van der Waals surface area contributed by atoms with E-state index in [0.29, 0.717) is 22.4 Å². The van der Waals surface area contributed by atoms with Crippen LogP contribution < -0.4 is 16.0 Å². The van der Waals surface area contributed by atoms with Crippen molar-refractivity contribution in [1.29, 1.82) is 0 Å². The number of fused-ring (bicyclic) bond motifs is 4. The zero-order valence-electron chi connectivity index (χ0n) is 21.2. The fourth-order valence-electron chi connectivity index (χ4n) is 5.35. The minimum Gasteiger partial charge on any atom is -0.423 e. The molecule has 0 amide bonds. The number of Topliss-reactive ketones (excluding diaryl/α,β-unsaturated/α-hetero) is 1. The van der Waals surface area contributed by atoms with Crippen LogP contribution in [0.25, 0.3) is 0 Å². The molecule has 1 aliphatic heterocycles. The average molecular weight is 537 g/mol. The number of rotatable bonds is 4. The molecular formula is C29H20N4O7. The van der Waals surface area contributed by atoms with Gasteiger partial charge in [0.25, 0.3) is 11.2 Å². The van der Waals surface area contributed by atoms with Gasteiger partial charge in [0.05, 0.1) is 27.7 Å². The first-order valence-corrected chi connectivity index (χ1v) is 12.3. The maximum absolute atomic E-state index is 13.6. The summed E-state index contributed by atoms with van der Waals surface area (Å²) in [5, 5.41) is 10.9. The van der Waals surface area contributed by atoms with Gasteiger partial charge in [0.1, 0.15) is 11.6 Å². The van der Waals surface area contributed by atoms with Crippen molar-refractivity contribution in [2.75, 3.05) is 0 Å². The van der Waals surface area contributed by atoms with Crippen LogP contribution in [-0.2, 0) is 14.1 Å². The number of esters is 1. The van der Waals surface area contributed by atoms with Gasteiger partial charge in [-0.05, 0) is 29.8 Å². The summed E-state index contributed by atoms with van der Waals surface area (Å²) in [6, 6.07) is 18.5. The number of hydrogen-bond acceptors (Lipinski definition) is 8. The Bertz CT molecular complexity index is 1900. The van der Waals surface area contributed by atoms with Crippen LogP contribution >= 0.6 is 0 Å². The van der Waals surface area contributed by atoms with Gasteiger partial charge in [-0.3, -0.25) is 28.8 Å². The molecule has 0 unspecified atom stereocenters. The Hall–Kier alpha value is -5.45. The molecule has 4 aromatic rings. The number of ether oxygens (including phenoxy) is 1. The lowest BCUT2D eigenvalue weighted by Crippen LogP contribution is -2.43. The molecule has 6 rings (SSSR count). The van der Waals surface area contributed by atoms with Crippen LogP contribution in [0.3, 0.4) is 0 Å². The third-order valence-electron chi connectivity index (χ3n) is 7.35. The first kappa shape index (κ1) is 24.9. The fraction of sp³-hybridized carbons (Fsp3) is 0.138. The number of carbonyl (C=O) groups excluding carboxylic acids is 2. The van der Waals surface area contributed by atoms with Crippen molar-refractivity contribution in [2.24, 2.45) is 25.0 Å². The zero-order valence-corrected chi connectivity index (χ0v) is 21.2. The molecule has 3 aromatic carbocycles. The standard InChI is InChI=1S/C29H20N4O7/c1-31-26-23(27(35)32(2)29(31)37)21(22-24(30-26)19-5-3-4-6-20(19)25(22)34)15-9-13-18(14-10-15)40-28(36)16-7-11-17(12-8-16)33(38)39/h3-14,21-22H,1-2H3/t21-,22-/m0/s1. The van der Waals surface area contributed by atoms with Gasteiger partial charge >= 0.3 is 11.7 Å². The predicted octanol–water partition coefficient (Wildman–Crippen LogP) is 3.29. The second-order valence-corrected chi connectivity index (χ2v) is 9.57. The largest absolute Gasteiger partial charge is 0.423 e. The number of aromatic nitrogens is 2. The molecule has 0 saturated heterocycles. The predicted molar refractivity (Wildman–Crippen MR) is 144 cm³/mol. The van der Waals surface area contributed by atoms with Crippen molar-refractivity contribution in [3.8, 4) is 5.75 Å². The topological polar surface area (TPSA) is 143 Å². The summed E-state index contributed by atoms with van der Waals surface area (Å²) in [5.74, 6) is -2.00.